The second kappa shape index (κ2) is 6.09. The van der Waals surface area contributed by atoms with Crippen molar-refractivity contribution in [1.82, 2.24) is 0 Å². The molecule has 0 atom stereocenters. The third-order valence-corrected chi connectivity index (χ3v) is 4.18. The molecule has 0 amide bonds. The number of carboxylic acid groups (broad SMARTS) is 1. The highest BCUT2D eigenvalue weighted by Gasteiger charge is 2.25. The maximum absolute atomic E-state index is 10.9. The summed E-state index contributed by atoms with van der Waals surface area (Å²) in [6.45, 7) is 2.06. The number of aliphatic carboxylic acids is 1. The molecule has 1 N–H and O–H groups in total. The van der Waals surface area contributed by atoms with E-state index < -0.39 is 5.97 Å². The van der Waals surface area contributed by atoms with E-state index >= 15 is 0 Å². The summed E-state index contributed by atoms with van der Waals surface area (Å²) in [5.41, 5.74) is 2.50. The largest absolute Gasteiger partial charge is 0.496 e. The molecule has 0 aliphatic heterocycles. The van der Waals surface area contributed by atoms with Gasteiger partial charge in [-0.05, 0) is 62.1 Å². The summed E-state index contributed by atoms with van der Waals surface area (Å²) in [6, 6.07) is 6.32. The summed E-state index contributed by atoms with van der Waals surface area (Å²) in [7, 11) is 1.69. The van der Waals surface area contributed by atoms with Crippen molar-refractivity contribution in [2.45, 2.75) is 39.0 Å². The number of carboxylic acids is 1. The van der Waals surface area contributed by atoms with E-state index in [9.17, 15) is 4.79 Å². The number of hydrogen-bond acceptors (Lipinski definition) is 2. The van der Waals surface area contributed by atoms with E-state index in [1.54, 1.807) is 7.11 Å². The molecule has 1 aliphatic rings. The van der Waals surface area contributed by atoms with Gasteiger partial charge in [-0.15, -0.1) is 0 Å². The van der Waals surface area contributed by atoms with Crippen molar-refractivity contribution >= 4 is 5.97 Å². The molecule has 1 aliphatic carbocycles. The molecular weight excluding hydrogens is 240 g/mol. The van der Waals surface area contributed by atoms with Gasteiger partial charge < -0.3 is 9.84 Å². The third-order valence-electron chi connectivity index (χ3n) is 4.18. The number of ether oxygens (including phenoxy) is 1. The zero-order chi connectivity index (χ0) is 13.8. The second-order valence-electron chi connectivity index (χ2n) is 5.56. The molecule has 3 heteroatoms. The molecule has 1 aromatic rings. The predicted octanol–water partition coefficient (Wildman–Crippen LogP) is 3.44. The highest BCUT2D eigenvalue weighted by molar-refractivity contribution is 5.69. The first-order chi connectivity index (χ1) is 9.10. The lowest BCUT2D eigenvalue weighted by Gasteiger charge is -2.26. The molecule has 1 aromatic carbocycles. The quantitative estimate of drug-likeness (QED) is 0.904. The van der Waals surface area contributed by atoms with Crippen LogP contribution in [-0.4, -0.2) is 18.2 Å². The van der Waals surface area contributed by atoms with E-state index in [2.05, 4.69) is 19.1 Å². The topological polar surface area (TPSA) is 46.5 Å². The summed E-state index contributed by atoms with van der Waals surface area (Å²) in [4.78, 5) is 10.9. The van der Waals surface area contributed by atoms with Gasteiger partial charge in [0.05, 0.1) is 13.0 Å². The van der Waals surface area contributed by atoms with Crippen LogP contribution in [0, 0.1) is 18.8 Å². The van der Waals surface area contributed by atoms with Crippen molar-refractivity contribution in [1.29, 1.82) is 0 Å². The Morgan fingerprint density at radius 3 is 2.53 bits per heavy atom. The molecule has 3 nitrogen and oxygen atoms in total. The van der Waals surface area contributed by atoms with Gasteiger partial charge in [0.2, 0.25) is 0 Å². The van der Waals surface area contributed by atoms with E-state index in [1.807, 2.05) is 6.07 Å². The standard InChI is InChI=1S/C16H22O3/c1-11-9-13(5-8-15(11)19-2)10-12-3-6-14(7-4-12)16(17)18/h5,8-9,12,14H,3-4,6-7,10H2,1-2H3,(H,17,18). The second-order valence-corrected chi connectivity index (χ2v) is 5.56. The number of carbonyl (C=O) groups is 1. The summed E-state index contributed by atoms with van der Waals surface area (Å²) in [5, 5.41) is 8.99. The van der Waals surface area contributed by atoms with Gasteiger partial charge in [0.25, 0.3) is 0 Å². The van der Waals surface area contributed by atoms with Crippen LogP contribution in [0.25, 0.3) is 0 Å². The van der Waals surface area contributed by atoms with Crippen LogP contribution in [0.15, 0.2) is 18.2 Å². The molecule has 1 saturated carbocycles. The average molecular weight is 262 g/mol. The Kier molecular flexibility index (Phi) is 4.46. The van der Waals surface area contributed by atoms with Crippen molar-refractivity contribution in [2.75, 3.05) is 7.11 Å². The van der Waals surface area contributed by atoms with Crippen LogP contribution in [0.5, 0.6) is 5.75 Å². The molecule has 2 rings (SSSR count). The van der Waals surface area contributed by atoms with Gasteiger partial charge >= 0.3 is 5.97 Å². The molecule has 1 fully saturated rings. The minimum absolute atomic E-state index is 0.117. The van der Waals surface area contributed by atoms with Crippen LogP contribution < -0.4 is 4.74 Å². The van der Waals surface area contributed by atoms with Gasteiger partial charge in [0.15, 0.2) is 0 Å². The lowest BCUT2D eigenvalue weighted by atomic mass is 9.79. The Morgan fingerprint density at radius 2 is 2.00 bits per heavy atom. The fourth-order valence-electron chi connectivity index (χ4n) is 3.01. The van der Waals surface area contributed by atoms with E-state index in [-0.39, 0.29) is 5.92 Å². The Labute approximate surface area is 114 Å². The smallest absolute Gasteiger partial charge is 0.306 e. The van der Waals surface area contributed by atoms with Crippen molar-refractivity contribution in [3.05, 3.63) is 29.3 Å². The predicted molar refractivity (Wildman–Crippen MR) is 74.5 cm³/mol. The summed E-state index contributed by atoms with van der Waals surface area (Å²) < 4.78 is 5.27. The Balaban J connectivity index is 1.92. The molecule has 104 valence electrons. The minimum atomic E-state index is -0.626. The van der Waals surface area contributed by atoms with Gasteiger partial charge in [-0.2, -0.15) is 0 Å². The lowest BCUT2D eigenvalue weighted by molar-refractivity contribution is -0.143. The van der Waals surface area contributed by atoms with Crippen molar-refractivity contribution in [3.63, 3.8) is 0 Å². The summed E-state index contributed by atoms with van der Waals surface area (Å²) in [6.07, 6.45) is 4.77. The van der Waals surface area contributed by atoms with Gasteiger partial charge in [0, 0.05) is 0 Å². The van der Waals surface area contributed by atoms with Gasteiger partial charge in [-0.3, -0.25) is 4.79 Å². The number of aryl methyl sites for hydroxylation is 1. The number of methoxy groups -OCH3 is 1. The normalized spacial score (nSPS) is 23.1. The van der Waals surface area contributed by atoms with Crippen LogP contribution in [0.3, 0.4) is 0 Å². The number of rotatable bonds is 4. The molecule has 0 heterocycles. The van der Waals surface area contributed by atoms with Crippen molar-refractivity contribution in [3.8, 4) is 5.75 Å². The third kappa shape index (κ3) is 3.49. The molecule has 0 aromatic heterocycles. The first-order valence-electron chi connectivity index (χ1n) is 6.96. The Bertz CT molecular complexity index is 445. The van der Waals surface area contributed by atoms with Gasteiger partial charge in [0.1, 0.15) is 5.75 Å². The number of benzene rings is 1. The molecule has 0 radical (unpaired) electrons. The van der Waals surface area contributed by atoms with Crippen molar-refractivity contribution < 1.29 is 14.6 Å². The molecule has 0 spiro atoms. The van der Waals surface area contributed by atoms with E-state index in [1.165, 1.54) is 11.1 Å². The van der Waals surface area contributed by atoms with E-state index in [0.29, 0.717) is 5.92 Å². The molecular formula is C16H22O3. The maximum Gasteiger partial charge on any atom is 0.306 e. The lowest BCUT2D eigenvalue weighted by Crippen LogP contribution is -2.22. The van der Waals surface area contributed by atoms with Crippen LogP contribution in [0.1, 0.15) is 36.8 Å². The fourth-order valence-corrected chi connectivity index (χ4v) is 3.01. The zero-order valence-electron chi connectivity index (χ0n) is 11.7. The summed E-state index contributed by atoms with van der Waals surface area (Å²) in [5.74, 6) is 0.814. The Morgan fingerprint density at radius 1 is 1.32 bits per heavy atom. The van der Waals surface area contributed by atoms with Gasteiger partial charge in [-0.1, -0.05) is 12.1 Å². The number of hydrogen-bond donors (Lipinski definition) is 1. The van der Waals surface area contributed by atoms with Crippen LogP contribution >= 0.6 is 0 Å². The fraction of sp³-hybridized carbons (Fsp3) is 0.562. The molecule has 0 bridgehead atoms. The first kappa shape index (κ1) is 13.9. The molecule has 0 saturated heterocycles. The van der Waals surface area contributed by atoms with Gasteiger partial charge in [-0.25, -0.2) is 0 Å². The minimum Gasteiger partial charge on any atom is -0.496 e. The zero-order valence-corrected chi connectivity index (χ0v) is 11.7. The van der Waals surface area contributed by atoms with E-state index in [4.69, 9.17) is 9.84 Å². The highest BCUT2D eigenvalue weighted by atomic mass is 16.5. The SMILES string of the molecule is COc1ccc(CC2CCC(C(=O)O)CC2)cc1C. The Hall–Kier alpha value is -1.51. The molecule has 0 unspecified atom stereocenters. The maximum atomic E-state index is 10.9. The van der Waals surface area contributed by atoms with E-state index in [0.717, 1.165) is 37.9 Å². The monoisotopic (exact) mass is 262 g/mol. The average Bonchev–Trinajstić information content (AvgIpc) is 2.39. The summed E-state index contributed by atoms with van der Waals surface area (Å²) >= 11 is 0. The highest BCUT2D eigenvalue weighted by Crippen LogP contribution is 2.32. The van der Waals surface area contributed by atoms with Crippen molar-refractivity contribution in [2.24, 2.45) is 11.8 Å². The van der Waals surface area contributed by atoms with Crippen LogP contribution in [-0.2, 0) is 11.2 Å². The van der Waals surface area contributed by atoms with Crippen LogP contribution in [0.4, 0.5) is 0 Å². The molecule has 19 heavy (non-hydrogen) atoms. The first-order valence-corrected chi connectivity index (χ1v) is 6.96. The van der Waals surface area contributed by atoms with Crippen LogP contribution in [0.2, 0.25) is 0 Å².